The van der Waals surface area contributed by atoms with Gasteiger partial charge in [-0.15, -0.1) is 0 Å². The average Bonchev–Trinajstić information content (AvgIpc) is 1.55. The Labute approximate surface area is 810 Å². The van der Waals surface area contributed by atoms with Crippen LogP contribution in [0.25, 0.3) is 284 Å². The fourth-order valence-electron chi connectivity index (χ4n) is 22.1. The smallest absolute Gasteiger partial charge is 0.164 e. The zero-order valence-corrected chi connectivity index (χ0v) is 75.9. The van der Waals surface area contributed by atoms with E-state index in [9.17, 15) is 0 Å². The molecule has 0 unspecified atom stereocenters. The van der Waals surface area contributed by atoms with E-state index in [0.717, 1.165) is 101 Å². The number of nitrogens with zero attached hydrogens (tertiary/aromatic N) is 12. The second-order valence-corrected chi connectivity index (χ2v) is 36.1. The van der Waals surface area contributed by atoms with Crippen molar-refractivity contribution in [1.82, 2.24) is 58.6 Å². The van der Waals surface area contributed by atoms with E-state index in [1.165, 1.54) is 148 Å². The third kappa shape index (κ3) is 13.3. The van der Waals surface area contributed by atoms with E-state index in [-0.39, 0.29) is 0 Å². The molecular formula is C129H78N12. The maximum absolute atomic E-state index is 5.06. The molecule has 3 aliphatic carbocycles. The van der Waals surface area contributed by atoms with Crippen molar-refractivity contribution in [3.05, 3.63) is 474 Å². The standard InChI is InChI=1S/2C48H29N5.C33H20N2/c1-3-13-31(14-4-1)46-50-47(32-15-5-2-6-16-32)52-48(51-46)33-18-11-19-35(27-33)53-41-25-24-30-17-12-22-38-36-20-7-8-21-37(36)39-28-34(40-23-9-10-26-49-40)29-42(53)44(39)45(41)43(30)38;1-3-12-31(13-4-1)46-50-47(32-14-5-2-6-15-32)52-48(51-46)33-21-24-35(25-22-33)53-41-26-23-30-16-11-19-38-36-17-7-8-18-37(36)39-28-34(40-20-9-10-27-49-40)29-42(53)44(39)45(41)43(30)38;1-2-10-23(11-3-1)35-29-17-16-21-9-8-14-26-24-12-4-5-13-25(24)27-19-22(28-15-6-7-18-34-28)20-30(35)32(27)33(29)31(21)26/h2*1-29H;1-20H. The van der Waals surface area contributed by atoms with Crippen LogP contribution in [0.5, 0.6) is 0 Å². The average molecular weight is 1800 g/mol. The number of rotatable bonds is 12. The Morgan fingerprint density at radius 2 is 0.390 bits per heavy atom. The molecule has 0 spiro atoms. The molecule has 0 amide bonds. The van der Waals surface area contributed by atoms with Gasteiger partial charge in [0.25, 0.3) is 0 Å². The topological polar surface area (TPSA) is 131 Å². The van der Waals surface area contributed by atoms with Gasteiger partial charge >= 0.3 is 0 Å². The summed E-state index contributed by atoms with van der Waals surface area (Å²) < 4.78 is 7.24. The molecule has 0 aliphatic heterocycles. The first-order chi connectivity index (χ1) is 69.9. The van der Waals surface area contributed by atoms with Gasteiger partial charge in [0.05, 0.1) is 50.2 Å². The molecule has 0 bridgehead atoms. The van der Waals surface area contributed by atoms with Gasteiger partial charge in [0.15, 0.2) is 34.9 Å². The first kappa shape index (κ1) is 80.3. The summed E-state index contributed by atoms with van der Waals surface area (Å²) in [6.07, 6.45) is 5.61. The molecule has 654 valence electrons. The van der Waals surface area contributed by atoms with E-state index in [1.54, 1.807) is 0 Å². The SMILES string of the molecule is c1ccc(-c2nc(-c3ccccc3)nc(-c3ccc(-n4c5cc(-c6ccccn6)cc6c5c5c7c(cccc7ccc54)-c4ccccc4-6)cc3)n2)cc1.c1ccc(-c2nc(-c3ccccc3)nc(-c3cccc(-n4c5cc(-c6ccccn6)cc6c5c5c7c(cccc7ccc54)-c4ccccc4-6)c3)n2)cc1.c1ccc(-n2c3cc(-c4ccccn4)cc4c3c3c5c(cccc5ccc32)-c2ccccc2-4)cc1. The summed E-state index contributed by atoms with van der Waals surface area (Å²) in [6, 6.07) is 161. The minimum Gasteiger partial charge on any atom is -0.309 e. The molecule has 0 saturated carbocycles. The summed E-state index contributed by atoms with van der Waals surface area (Å²) in [5, 5.41) is 15.3. The predicted octanol–water partition coefficient (Wildman–Crippen LogP) is 32.3. The Balaban J connectivity index is 0.000000106. The second kappa shape index (κ2) is 32.8. The number of aromatic nitrogens is 12. The Hall–Kier alpha value is -19.2. The fraction of sp³-hybridized carbons (Fsp3) is 0. The molecule has 141 heavy (non-hydrogen) atoms. The van der Waals surface area contributed by atoms with Gasteiger partial charge in [-0.2, -0.15) is 0 Å². The number of benzene rings is 19. The van der Waals surface area contributed by atoms with E-state index < -0.39 is 0 Å². The van der Waals surface area contributed by atoms with Gasteiger partial charge in [-0.1, -0.05) is 315 Å². The molecule has 8 aromatic heterocycles. The maximum Gasteiger partial charge on any atom is 0.164 e. The normalized spacial score (nSPS) is 11.8. The molecule has 30 rings (SSSR count). The zero-order chi connectivity index (χ0) is 92.7. The third-order valence-electron chi connectivity index (χ3n) is 28.2. The minimum atomic E-state index is 0.623. The lowest BCUT2D eigenvalue weighted by molar-refractivity contribution is 1.07. The Kier molecular flexibility index (Phi) is 18.7. The van der Waals surface area contributed by atoms with Crippen LogP contribution in [-0.2, 0) is 0 Å². The summed E-state index contributed by atoms with van der Waals surface area (Å²) in [4.78, 5) is 44.2. The highest BCUT2D eigenvalue weighted by Gasteiger charge is 2.32. The molecule has 12 heteroatoms. The minimum absolute atomic E-state index is 0.623. The van der Waals surface area contributed by atoms with E-state index in [4.69, 9.17) is 44.9 Å². The molecule has 0 radical (unpaired) electrons. The van der Waals surface area contributed by atoms with Crippen LogP contribution in [0, 0.1) is 0 Å². The summed E-state index contributed by atoms with van der Waals surface area (Å²) in [5.74, 6) is 3.83. The molecule has 0 saturated heterocycles. The Bertz CT molecular complexity index is 9640. The molecule has 19 aromatic carbocycles. The van der Waals surface area contributed by atoms with Gasteiger partial charge < -0.3 is 13.7 Å². The molecule has 27 aromatic rings. The lowest BCUT2D eigenvalue weighted by Gasteiger charge is -2.15. The van der Waals surface area contributed by atoms with Crippen LogP contribution >= 0.6 is 0 Å². The van der Waals surface area contributed by atoms with Crippen molar-refractivity contribution in [2.24, 2.45) is 0 Å². The number of pyridine rings is 3. The number of fused-ring (bicyclic) bond motifs is 9. The highest BCUT2D eigenvalue weighted by atomic mass is 15.1. The van der Waals surface area contributed by atoms with Gasteiger partial charge in [0, 0.05) is 118 Å². The largest absolute Gasteiger partial charge is 0.309 e. The zero-order valence-electron chi connectivity index (χ0n) is 75.9. The summed E-state index contributed by atoms with van der Waals surface area (Å²) in [7, 11) is 0. The number of hydrogen-bond acceptors (Lipinski definition) is 9. The van der Waals surface area contributed by atoms with Crippen molar-refractivity contribution >= 4 is 97.7 Å². The maximum atomic E-state index is 5.06. The van der Waals surface area contributed by atoms with Crippen LogP contribution in [0.4, 0.5) is 0 Å². The fourth-order valence-corrected chi connectivity index (χ4v) is 22.1. The van der Waals surface area contributed by atoms with Crippen LogP contribution in [0.15, 0.2) is 474 Å². The molecule has 0 fully saturated rings. The summed E-state index contributed by atoms with van der Waals surface area (Å²) >= 11 is 0. The Morgan fingerprint density at radius 3 is 0.716 bits per heavy atom. The van der Waals surface area contributed by atoms with Gasteiger partial charge in [0.2, 0.25) is 0 Å². The Morgan fingerprint density at radius 1 is 0.135 bits per heavy atom. The van der Waals surface area contributed by atoms with Crippen molar-refractivity contribution in [3.63, 3.8) is 0 Å². The van der Waals surface area contributed by atoms with Gasteiger partial charge in [-0.05, 0) is 239 Å². The van der Waals surface area contributed by atoms with Crippen molar-refractivity contribution in [3.8, 4) is 186 Å². The molecule has 8 heterocycles. The van der Waals surface area contributed by atoms with Crippen molar-refractivity contribution in [2.45, 2.75) is 0 Å². The molecule has 0 atom stereocenters. The van der Waals surface area contributed by atoms with E-state index in [2.05, 4.69) is 329 Å². The first-order valence-corrected chi connectivity index (χ1v) is 47.6. The van der Waals surface area contributed by atoms with E-state index in [1.807, 2.05) is 158 Å². The van der Waals surface area contributed by atoms with Gasteiger partial charge in [-0.25, -0.2) is 29.9 Å². The summed E-state index contributed by atoms with van der Waals surface area (Å²) in [5.41, 5.74) is 37.0. The first-order valence-electron chi connectivity index (χ1n) is 47.6. The lowest BCUT2D eigenvalue weighted by Crippen LogP contribution is -2.01. The highest BCUT2D eigenvalue weighted by Crippen LogP contribution is 2.56. The van der Waals surface area contributed by atoms with Gasteiger partial charge in [0.1, 0.15) is 0 Å². The van der Waals surface area contributed by atoms with E-state index >= 15 is 0 Å². The van der Waals surface area contributed by atoms with Gasteiger partial charge in [-0.3, -0.25) is 15.0 Å². The highest BCUT2D eigenvalue weighted by molar-refractivity contribution is 6.34. The molecule has 0 N–H and O–H groups in total. The van der Waals surface area contributed by atoms with Crippen LogP contribution in [0.3, 0.4) is 0 Å². The second-order valence-electron chi connectivity index (χ2n) is 36.1. The van der Waals surface area contributed by atoms with Crippen LogP contribution < -0.4 is 0 Å². The van der Waals surface area contributed by atoms with Crippen molar-refractivity contribution < 1.29 is 0 Å². The van der Waals surface area contributed by atoms with Crippen LogP contribution in [-0.4, -0.2) is 58.6 Å². The van der Waals surface area contributed by atoms with Crippen LogP contribution in [0.2, 0.25) is 0 Å². The number of hydrogen-bond donors (Lipinski definition) is 0. The third-order valence-corrected chi connectivity index (χ3v) is 28.2. The predicted molar refractivity (Wildman–Crippen MR) is 577 cm³/mol. The quantitative estimate of drug-likeness (QED) is 0.117. The monoisotopic (exact) mass is 1790 g/mol. The summed E-state index contributed by atoms with van der Waals surface area (Å²) in [6.45, 7) is 0. The molecular weight excluding hydrogens is 1720 g/mol. The lowest BCUT2D eigenvalue weighted by atomic mass is 9.92. The van der Waals surface area contributed by atoms with Crippen molar-refractivity contribution in [1.29, 1.82) is 0 Å². The van der Waals surface area contributed by atoms with Crippen molar-refractivity contribution in [2.75, 3.05) is 0 Å². The molecule has 12 nitrogen and oxygen atoms in total. The van der Waals surface area contributed by atoms with E-state index in [0.29, 0.717) is 34.9 Å². The number of para-hydroxylation sites is 1. The van der Waals surface area contributed by atoms with Crippen LogP contribution in [0.1, 0.15) is 0 Å². The molecule has 3 aliphatic rings.